The molecule has 1 amide bonds. The van der Waals surface area contributed by atoms with Gasteiger partial charge < -0.3 is 4.90 Å². The van der Waals surface area contributed by atoms with Gasteiger partial charge in [-0.15, -0.1) is 0 Å². The predicted molar refractivity (Wildman–Crippen MR) is 92.5 cm³/mol. The van der Waals surface area contributed by atoms with E-state index in [9.17, 15) is 9.59 Å². The Labute approximate surface area is 146 Å². The van der Waals surface area contributed by atoms with Crippen LogP contribution in [-0.2, 0) is 26.4 Å². The van der Waals surface area contributed by atoms with E-state index in [0.717, 1.165) is 42.6 Å². The number of carbonyl (C=O) groups excluding carboxylic acids is 1. The number of hydrogen-bond donors (Lipinski definition) is 0. The molecule has 0 saturated carbocycles. The van der Waals surface area contributed by atoms with Gasteiger partial charge in [-0.25, -0.2) is 4.68 Å². The maximum atomic E-state index is 12.5. The van der Waals surface area contributed by atoms with Gasteiger partial charge in [-0.2, -0.15) is 10.2 Å². The molecule has 7 heteroatoms. The number of nitrogens with zero attached hydrogens (tertiary/aromatic N) is 5. The van der Waals surface area contributed by atoms with Gasteiger partial charge in [-0.1, -0.05) is 0 Å². The van der Waals surface area contributed by atoms with Crippen molar-refractivity contribution in [3.05, 3.63) is 45.1 Å². The van der Waals surface area contributed by atoms with E-state index in [1.807, 2.05) is 17.9 Å². The summed E-state index contributed by atoms with van der Waals surface area (Å²) in [6, 6.07) is 3.56. The Morgan fingerprint density at radius 3 is 2.68 bits per heavy atom. The standard InChI is InChI=1S/C18H23N5O2/c1-12-7-16(21(2)19-12)18(25)22-9-13(10-22)11-23-17(24)8-14-5-3-4-6-15(14)20-23/h7-8,13H,3-6,9-11H2,1-2H3. The van der Waals surface area contributed by atoms with Crippen LogP contribution in [0, 0.1) is 12.8 Å². The molecule has 1 saturated heterocycles. The fourth-order valence-electron chi connectivity index (χ4n) is 3.80. The Morgan fingerprint density at radius 1 is 1.20 bits per heavy atom. The molecule has 0 aromatic carbocycles. The molecule has 0 unspecified atom stereocenters. The van der Waals surface area contributed by atoms with E-state index in [0.29, 0.717) is 25.3 Å². The zero-order chi connectivity index (χ0) is 17.6. The maximum Gasteiger partial charge on any atom is 0.272 e. The number of aromatic nitrogens is 4. The highest BCUT2D eigenvalue weighted by molar-refractivity contribution is 5.93. The second-order valence-electron chi connectivity index (χ2n) is 7.21. The van der Waals surface area contributed by atoms with Crippen LogP contribution in [0.5, 0.6) is 0 Å². The molecule has 1 fully saturated rings. The Balaban J connectivity index is 1.41. The number of amides is 1. The Bertz CT molecular complexity index is 876. The summed E-state index contributed by atoms with van der Waals surface area (Å²) in [4.78, 5) is 26.6. The average molecular weight is 341 g/mol. The van der Waals surface area contributed by atoms with E-state index in [-0.39, 0.29) is 17.4 Å². The highest BCUT2D eigenvalue weighted by Gasteiger charge is 2.33. The van der Waals surface area contributed by atoms with Gasteiger partial charge in [0, 0.05) is 32.1 Å². The van der Waals surface area contributed by atoms with E-state index < -0.39 is 0 Å². The third-order valence-corrected chi connectivity index (χ3v) is 5.17. The summed E-state index contributed by atoms with van der Waals surface area (Å²) < 4.78 is 3.21. The molecule has 7 nitrogen and oxygen atoms in total. The molecule has 25 heavy (non-hydrogen) atoms. The highest BCUT2D eigenvalue weighted by atomic mass is 16.2. The largest absolute Gasteiger partial charge is 0.336 e. The topological polar surface area (TPSA) is 73.0 Å². The third kappa shape index (κ3) is 2.99. The summed E-state index contributed by atoms with van der Waals surface area (Å²) in [5.41, 5.74) is 3.62. The van der Waals surface area contributed by atoms with E-state index in [2.05, 4.69) is 10.2 Å². The van der Waals surface area contributed by atoms with Gasteiger partial charge in [-0.05, 0) is 44.2 Å². The summed E-state index contributed by atoms with van der Waals surface area (Å²) >= 11 is 0. The maximum absolute atomic E-state index is 12.5. The molecule has 1 aliphatic carbocycles. The molecule has 2 aliphatic rings. The lowest BCUT2D eigenvalue weighted by Crippen LogP contribution is -2.52. The van der Waals surface area contributed by atoms with Crippen LogP contribution in [0.1, 0.15) is 40.3 Å². The van der Waals surface area contributed by atoms with Crippen molar-refractivity contribution in [1.82, 2.24) is 24.5 Å². The van der Waals surface area contributed by atoms with Crippen molar-refractivity contribution in [2.24, 2.45) is 13.0 Å². The van der Waals surface area contributed by atoms with Crippen LogP contribution < -0.4 is 5.56 Å². The summed E-state index contributed by atoms with van der Waals surface area (Å²) in [5.74, 6) is 0.287. The third-order valence-electron chi connectivity index (χ3n) is 5.17. The van der Waals surface area contributed by atoms with E-state index in [1.54, 1.807) is 22.5 Å². The molecular formula is C18H23N5O2. The molecule has 0 atom stereocenters. The predicted octanol–water partition coefficient (Wildman–Crippen LogP) is 0.936. The van der Waals surface area contributed by atoms with Crippen molar-refractivity contribution < 1.29 is 4.79 Å². The van der Waals surface area contributed by atoms with Crippen molar-refractivity contribution in [3.63, 3.8) is 0 Å². The van der Waals surface area contributed by atoms with Gasteiger partial charge >= 0.3 is 0 Å². The molecule has 4 rings (SSSR count). The second-order valence-corrected chi connectivity index (χ2v) is 7.21. The summed E-state index contributed by atoms with van der Waals surface area (Å²) in [6.45, 7) is 3.78. The summed E-state index contributed by atoms with van der Waals surface area (Å²) in [6.07, 6.45) is 4.22. The Hall–Kier alpha value is -2.44. The number of aryl methyl sites for hydroxylation is 4. The molecule has 132 valence electrons. The minimum Gasteiger partial charge on any atom is -0.336 e. The average Bonchev–Trinajstić information content (AvgIpc) is 2.88. The van der Waals surface area contributed by atoms with Crippen molar-refractivity contribution in [1.29, 1.82) is 0 Å². The summed E-state index contributed by atoms with van der Waals surface area (Å²) in [7, 11) is 1.79. The quantitative estimate of drug-likeness (QED) is 0.833. The van der Waals surface area contributed by atoms with Crippen LogP contribution in [0.25, 0.3) is 0 Å². The minimum atomic E-state index is -0.0207. The normalized spacial score (nSPS) is 17.3. The molecule has 2 aromatic rings. The number of fused-ring (bicyclic) bond motifs is 1. The van der Waals surface area contributed by atoms with Gasteiger partial charge in [0.25, 0.3) is 11.5 Å². The number of carbonyl (C=O) groups is 1. The molecule has 3 heterocycles. The molecule has 0 bridgehead atoms. The second kappa shape index (κ2) is 6.13. The van der Waals surface area contributed by atoms with Crippen molar-refractivity contribution in [3.8, 4) is 0 Å². The zero-order valence-electron chi connectivity index (χ0n) is 14.7. The first-order valence-electron chi connectivity index (χ1n) is 8.91. The van der Waals surface area contributed by atoms with Crippen LogP contribution in [0.2, 0.25) is 0 Å². The monoisotopic (exact) mass is 341 g/mol. The van der Waals surface area contributed by atoms with Crippen molar-refractivity contribution in [2.45, 2.75) is 39.2 Å². The highest BCUT2D eigenvalue weighted by Crippen LogP contribution is 2.21. The van der Waals surface area contributed by atoms with E-state index >= 15 is 0 Å². The van der Waals surface area contributed by atoms with Crippen molar-refractivity contribution >= 4 is 5.91 Å². The van der Waals surface area contributed by atoms with Gasteiger partial charge in [-0.3, -0.25) is 14.3 Å². The number of hydrogen-bond acceptors (Lipinski definition) is 4. The number of rotatable bonds is 3. The van der Waals surface area contributed by atoms with Crippen LogP contribution in [0.15, 0.2) is 16.9 Å². The Kier molecular flexibility index (Phi) is 3.94. The van der Waals surface area contributed by atoms with Gasteiger partial charge in [0.15, 0.2) is 0 Å². The van der Waals surface area contributed by atoms with E-state index in [4.69, 9.17) is 0 Å². The fourth-order valence-corrected chi connectivity index (χ4v) is 3.80. The van der Waals surface area contributed by atoms with E-state index in [1.165, 1.54) is 0 Å². The van der Waals surface area contributed by atoms with Gasteiger partial charge in [0.1, 0.15) is 5.69 Å². The number of likely N-dealkylation sites (tertiary alicyclic amines) is 1. The first-order chi connectivity index (χ1) is 12.0. The molecule has 0 N–H and O–H groups in total. The molecule has 0 radical (unpaired) electrons. The van der Waals surface area contributed by atoms with Crippen LogP contribution >= 0.6 is 0 Å². The fraction of sp³-hybridized carbons (Fsp3) is 0.556. The van der Waals surface area contributed by atoms with Gasteiger partial charge in [0.2, 0.25) is 0 Å². The lowest BCUT2D eigenvalue weighted by molar-refractivity contribution is 0.0447. The molecular weight excluding hydrogens is 318 g/mol. The van der Waals surface area contributed by atoms with Gasteiger partial charge in [0.05, 0.1) is 17.9 Å². The molecule has 0 spiro atoms. The lowest BCUT2D eigenvalue weighted by Gasteiger charge is -2.39. The molecule has 1 aliphatic heterocycles. The van der Waals surface area contributed by atoms with Crippen LogP contribution in [-0.4, -0.2) is 43.5 Å². The summed E-state index contributed by atoms with van der Waals surface area (Å²) in [5, 5.41) is 8.79. The van der Waals surface area contributed by atoms with Crippen LogP contribution in [0.3, 0.4) is 0 Å². The first-order valence-corrected chi connectivity index (χ1v) is 8.91. The smallest absolute Gasteiger partial charge is 0.272 e. The van der Waals surface area contributed by atoms with Crippen LogP contribution in [0.4, 0.5) is 0 Å². The Morgan fingerprint density at radius 2 is 1.96 bits per heavy atom. The lowest BCUT2D eigenvalue weighted by atomic mass is 9.96. The van der Waals surface area contributed by atoms with Crippen molar-refractivity contribution in [2.75, 3.05) is 13.1 Å². The first kappa shape index (κ1) is 16.1. The SMILES string of the molecule is Cc1cc(C(=O)N2CC(Cn3nc4c(cc3=O)CCCC4)C2)n(C)n1. The molecule has 2 aromatic heterocycles. The zero-order valence-corrected chi connectivity index (χ0v) is 14.7. The minimum absolute atomic E-state index is 0.00472.